The Balaban J connectivity index is 1.82. The normalized spacial score (nSPS) is 11.3. The van der Waals surface area contributed by atoms with Crippen LogP contribution in [-0.4, -0.2) is 18.9 Å². The van der Waals surface area contributed by atoms with Crippen LogP contribution in [0, 0.1) is 18.6 Å². The molecule has 0 amide bonds. The second-order valence-corrected chi connectivity index (χ2v) is 8.23. The van der Waals surface area contributed by atoms with Crippen LogP contribution in [0.25, 0.3) is 22.3 Å². The van der Waals surface area contributed by atoms with Gasteiger partial charge in [0.25, 0.3) is 0 Å². The molecule has 1 heterocycles. The number of benzene rings is 3. The molecule has 0 aromatic heterocycles. The molecule has 34 heavy (non-hydrogen) atoms. The van der Waals surface area contributed by atoms with Gasteiger partial charge in [-0.2, -0.15) is 0 Å². The number of rotatable bonds is 9. The first-order valence-electron chi connectivity index (χ1n) is 11.2. The maximum atomic E-state index is 15.0. The van der Waals surface area contributed by atoms with Gasteiger partial charge in [0.2, 0.25) is 5.43 Å². The maximum absolute atomic E-state index is 15.0. The van der Waals surface area contributed by atoms with E-state index in [1.807, 2.05) is 0 Å². The molecule has 176 valence electrons. The molecular weight excluding hydrogens is 440 g/mol. The van der Waals surface area contributed by atoms with Crippen LogP contribution >= 0.6 is 0 Å². The fourth-order valence-electron chi connectivity index (χ4n) is 3.99. The number of carbonyl (C=O) groups excluding carboxylic acids is 1. The van der Waals surface area contributed by atoms with Crippen LogP contribution in [0.5, 0.6) is 5.75 Å². The smallest absolute Gasteiger partial charge is 0.217 e. The summed E-state index contributed by atoms with van der Waals surface area (Å²) in [5.41, 5.74) is 6.06. The highest BCUT2D eigenvalue weighted by molar-refractivity contribution is 6.20. The van der Waals surface area contributed by atoms with Gasteiger partial charge in [-0.3, -0.25) is 9.59 Å². The molecule has 0 saturated heterocycles. The maximum Gasteiger partial charge on any atom is 0.217 e. The summed E-state index contributed by atoms with van der Waals surface area (Å²) in [5, 5.41) is 0.173. The second-order valence-electron chi connectivity index (χ2n) is 8.23. The average molecular weight is 465 g/mol. The topological polar surface area (TPSA) is 82.5 Å². The molecule has 4 rings (SSSR count). The van der Waals surface area contributed by atoms with E-state index in [1.54, 1.807) is 31.2 Å². The van der Waals surface area contributed by atoms with E-state index in [9.17, 15) is 18.4 Å². The van der Waals surface area contributed by atoms with Crippen LogP contribution in [0.3, 0.4) is 0 Å². The van der Waals surface area contributed by atoms with Gasteiger partial charge in [0.15, 0.2) is 23.2 Å². The number of hydrogen-bond acceptors (Lipinski definition) is 5. The zero-order valence-electron chi connectivity index (χ0n) is 18.8. The number of unbranched alkanes of at least 4 members (excludes halogenated alkanes) is 3. The summed E-state index contributed by atoms with van der Waals surface area (Å²) in [5.74, 6) is -2.09. The van der Waals surface area contributed by atoms with Gasteiger partial charge in [-0.15, -0.1) is 0 Å². The molecular formula is C27H25F2NO4. The van der Waals surface area contributed by atoms with Crippen LogP contribution in [-0.2, 0) is 0 Å². The summed E-state index contributed by atoms with van der Waals surface area (Å²) in [6.45, 7) is 2.72. The molecule has 5 nitrogen and oxygen atoms in total. The van der Waals surface area contributed by atoms with Crippen molar-refractivity contribution in [2.24, 2.45) is 5.73 Å². The molecule has 2 aliphatic rings. The van der Waals surface area contributed by atoms with Crippen LogP contribution in [0.15, 0.2) is 57.7 Å². The first-order chi connectivity index (χ1) is 16.4. The summed E-state index contributed by atoms with van der Waals surface area (Å²) in [6.07, 6.45) is 3.55. The fourth-order valence-corrected chi connectivity index (χ4v) is 3.99. The van der Waals surface area contributed by atoms with Gasteiger partial charge in [-0.25, -0.2) is 8.78 Å². The minimum atomic E-state index is -1.02. The summed E-state index contributed by atoms with van der Waals surface area (Å²) in [6, 6.07) is 11.4. The first-order valence-corrected chi connectivity index (χ1v) is 11.2. The Morgan fingerprint density at radius 2 is 1.76 bits per heavy atom. The minimum absolute atomic E-state index is 0.0202. The SMILES string of the molecule is Cc1ccccc1C(=O)c1c2cc(F)c(=O)cc-2oc2cc(OCCCCCCN)c(F)cc12. The number of fused-ring (bicyclic) bond motifs is 2. The third-order valence-electron chi connectivity index (χ3n) is 5.80. The second kappa shape index (κ2) is 10.1. The Morgan fingerprint density at radius 3 is 2.53 bits per heavy atom. The van der Waals surface area contributed by atoms with Gasteiger partial charge < -0.3 is 14.9 Å². The van der Waals surface area contributed by atoms with Gasteiger partial charge in [0, 0.05) is 34.2 Å². The Kier molecular flexibility index (Phi) is 7.03. The third-order valence-corrected chi connectivity index (χ3v) is 5.80. The van der Waals surface area contributed by atoms with Crippen molar-refractivity contribution >= 4 is 16.8 Å². The molecule has 0 radical (unpaired) electrons. The molecule has 7 heteroatoms. The molecule has 1 aliphatic carbocycles. The Morgan fingerprint density at radius 1 is 1.00 bits per heavy atom. The van der Waals surface area contributed by atoms with Gasteiger partial charge >= 0.3 is 0 Å². The molecule has 0 fully saturated rings. The van der Waals surface area contributed by atoms with E-state index in [4.69, 9.17) is 14.9 Å². The summed E-state index contributed by atoms with van der Waals surface area (Å²) in [4.78, 5) is 25.5. The van der Waals surface area contributed by atoms with Crippen molar-refractivity contribution in [1.82, 2.24) is 0 Å². The molecule has 0 spiro atoms. The zero-order chi connectivity index (χ0) is 24.2. The standard InChI is InChI=1S/C27H25F2NO4/c1-16-8-4-5-9-17(16)27(32)26-18-12-20(28)22(31)14-23(18)34-24-15-25(21(29)13-19(24)26)33-11-7-3-2-6-10-30/h4-5,8-9,12-15H,2-3,6-7,10-11,30H2,1H3. The van der Waals surface area contributed by atoms with Crippen LogP contribution < -0.4 is 15.9 Å². The van der Waals surface area contributed by atoms with E-state index in [0.29, 0.717) is 24.3 Å². The van der Waals surface area contributed by atoms with Crippen LogP contribution in [0.2, 0.25) is 0 Å². The van der Waals surface area contributed by atoms with Crippen LogP contribution in [0.4, 0.5) is 8.78 Å². The predicted molar refractivity (Wildman–Crippen MR) is 127 cm³/mol. The Bertz CT molecular complexity index is 1380. The lowest BCUT2D eigenvalue weighted by Crippen LogP contribution is -2.12. The zero-order valence-corrected chi connectivity index (χ0v) is 18.8. The van der Waals surface area contributed by atoms with Crippen molar-refractivity contribution in [2.45, 2.75) is 32.6 Å². The number of hydrogen-bond donors (Lipinski definition) is 1. The fraction of sp³-hybridized carbons (Fsp3) is 0.259. The first kappa shape index (κ1) is 23.6. The molecule has 0 saturated carbocycles. The summed E-state index contributed by atoms with van der Waals surface area (Å²) in [7, 11) is 0. The van der Waals surface area contributed by atoms with Gasteiger partial charge in [0.1, 0.15) is 11.3 Å². The highest BCUT2D eigenvalue weighted by Crippen LogP contribution is 2.37. The lowest BCUT2D eigenvalue weighted by molar-refractivity contribution is 0.104. The van der Waals surface area contributed by atoms with E-state index in [1.165, 1.54) is 6.07 Å². The monoisotopic (exact) mass is 465 g/mol. The van der Waals surface area contributed by atoms with Gasteiger partial charge in [0.05, 0.1) is 6.61 Å². The summed E-state index contributed by atoms with van der Waals surface area (Å²) >= 11 is 0. The van der Waals surface area contributed by atoms with Gasteiger partial charge in [-0.1, -0.05) is 37.1 Å². The lowest BCUT2D eigenvalue weighted by Gasteiger charge is -2.16. The minimum Gasteiger partial charge on any atom is -0.490 e. The van der Waals surface area contributed by atoms with Crippen molar-refractivity contribution in [2.75, 3.05) is 13.2 Å². The van der Waals surface area contributed by atoms with E-state index in [0.717, 1.165) is 43.9 Å². The van der Waals surface area contributed by atoms with E-state index < -0.39 is 22.8 Å². The number of halogens is 2. The Labute approximate surface area is 195 Å². The lowest BCUT2D eigenvalue weighted by atomic mass is 9.91. The Hall–Kier alpha value is -3.58. The molecule has 2 aromatic carbocycles. The number of ketones is 1. The van der Waals surface area contributed by atoms with Crippen molar-refractivity contribution < 1.29 is 22.7 Å². The van der Waals surface area contributed by atoms with Crippen LogP contribution in [0.1, 0.15) is 47.2 Å². The molecule has 0 unspecified atom stereocenters. The molecule has 2 aromatic rings. The molecule has 1 aliphatic heterocycles. The number of nitrogens with two attached hydrogens (primary N) is 1. The average Bonchev–Trinajstić information content (AvgIpc) is 2.81. The molecule has 2 N–H and O–H groups in total. The number of carbonyl (C=O) groups is 1. The van der Waals surface area contributed by atoms with E-state index >= 15 is 0 Å². The van der Waals surface area contributed by atoms with Gasteiger partial charge in [-0.05, 0) is 44.0 Å². The third kappa shape index (κ3) is 4.70. The number of aryl methyl sites for hydroxylation is 1. The quantitative estimate of drug-likeness (QED) is 0.197. The van der Waals surface area contributed by atoms with Crippen molar-refractivity contribution in [3.63, 3.8) is 0 Å². The largest absolute Gasteiger partial charge is 0.490 e. The van der Waals surface area contributed by atoms with E-state index in [-0.39, 0.29) is 33.6 Å². The highest BCUT2D eigenvalue weighted by atomic mass is 19.1. The van der Waals surface area contributed by atoms with Crippen molar-refractivity contribution in [3.8, 4) is 17.1 Å². The van der Waals surface area contributed by atoms with Crippen molar-refractivity contribution in [1.29, 1.82) is 0 Å². The predicted octanol–water partition coefficient (Wildman–Crippen LogP) is 5.61. The summed E-state index contributed by atoms with van der Waals surface area (Å²) < 4.78 is 40.6. The number of ether oxygens (including phenoxy) is 1. The highest BCUT2D eigenvalue weighted by Gasteiger charge is 2.26. The molecule has 0 bridgehead atoms. The van der Waals surface area contributed by atoms with Crippen molar-refractivity contribution in [3.05, 3.63) is 87.1 Å². The molecule has 0 atom stereocenters. The van der Waals surface area contributed by atoms with E-state index in [2.05, 4.69) is 0 Å².